The molecule has 0 amide bonds. The summed E-state index contributed by atoms with van der Waals surface area (Å²) in [5, 5.41) is 0. The average Bonchev–Trinajstić information content (AvgIpc) is 2.41. The molecular formula is C15H30NaO5P. The number of ether oxygens (including phenoxy) is 1. The molecule has 0 aliphatic heterocycles. The summed E-state index contributed by atoms with van der Waals surface area (Å²) in [5.41, 5.74) is 0.340. The maximum absolute atomic E-state index is 11.7. The van der Waals surface area contributed by atoms with E-state index < -0.39 is 13.6 Å². The van der Waals surface area contributed by atoms with Crippen molar-refractivity contribution in [2.45, 2.75) is 58.8 Å². The molecule has 0 saturated heterocycles. The zero-order valence-electron chi connectivity index (χ0n) is 15.3. The molecule has 7 heteroatoms. The number of carbonyl (C=O) groups is 1. The van der Waals surface area contributed by atoms with Gasteiger partial charge in [0.1, 0.15) is 0 Å². The molecule has 0 radical (unpaired) electrons. The van der Waals surface area contributed by atoms with Crippen LogP contribution in [0.25, 0.3) is 0 Å². The summed E-state index contributed by atoms with van der Waals surface area (Å²) in [6, 6.07) is 0. The van der Waals surface area contributed by atoms with Gasteiger partial charge in [0, 0.05) is 18.2 Å². The van der Waals surface area contributed by atoms with Gasteiger partial charge in [-0.25, -0.2) is 4.79 Å². The van der Waals surface area contributed by atoms with Crippen LogP contribution in [-0.2, 0) is 18.6 Å². The van der Waals surface area contributed by atoms with Crippen molar-refractivity contribution in [3.63, 3.8) is 0 Å². The van der Waals surface area contributed by atoms with Gasteiger partial charge >= 0.3 is 43.1 Å². The van der Waals surface area contributed by atoms with E-state index in [-0.39, 0.29) is 50.4 Å². The normalized spacial score (nSPS) is 13.0. The molecule has 0 aromatic rings. The van der Waals surface area contributed by atoms with Crippen molar-refractivity contribution in [3.05, 3.63) is 12.2 Å². The van der Waals surface area contributed by atoms with Gasteiger partial charge in [-0.2, -0.15) is 0 Å². The summed E-state index contributed by atoms with van der Waals surface area (Å²) in [6.45, 7) is 7.48. The Hall–Kier alpha value is 0.360. The molecule has 0 rings (SSSR count). The van der Waals surface area contributed by atoms with E-state index in [2.05, 4.69) is 13.5 Å². The topological polar surface area (TPSA) is 72.8 Å². The molecule has 0 aromatic heterocycles. The first kappa shape index (κ1) is 24.6. The second-order valence-corrected chi connectivity index (χ2v) is 7.21. The van der Waals surface area contributed by atoms with Crippen LogP contribution >= 0.6 is 7.60 Å². The molecule has 0 saturated carbocycles. The standard InChI is InChI=1S/C15H29O5P.Na.H/c1-4-5-6-7-8-9-13-21(17,18)20-12-10-11-19-15(16)14(2)3;;/h2,4-13H2,1,3H3,(H,17,18);;/q;+1;-1. The van der Waals surface area contributed by atoms with Crippen molar-refractivity contribution >= 4 is 13.6 Å². The predicted octanol–water partition coefficient (Wildman–Crippen LogP) is 1.17. The van der Waals surface area contributed by atoms with Gasteiger partial charge in [-0.1, -0.05) is 45.6 Å². The Morgan fingerprint density at radius 1 is 1.14 bits per heavy atom. The minimum absolute atomic E-state index is 0. The number of esters is 1. The Kier molecular flexibility index (Phi) is 16.7. The molecule has 0 aliphatic carbocycles. The van der Waals surface area contributed by atoms with Gasteiger partial charge in [-0.05, 0) is 13.3 Å². The van der Waals surface area contributed by atoms with Gasteiger partial charge in [-0.3, -0.25) is 4.57 Å². The Morgan fingerprint density at radius 3 is 2.32 bits per heavy atom. The zero-order valence-corrected chi connectivity index (χ0v) is 17.2. The van der Waals surface area contributed by atoms with Crippen molar-refractivity contribution < 1.29 is 54.5 Å². The summed E-state index contributed by atoms with van der Waals surface area (Å²) in [6.07, 6.45) is 6.97. The number of hydrogen-bond donors (Lipinski definition) is 1. The third kappa shape index (κ3) is 15.3. The van der Waals surface area contributed by atoms with Crippen LogP contribution in [0.5, 0.6) is 0 Å². The van der Waals surface area contributed by atoms with Gasteiger partial charge in [0.05, 0.1) is 13.2 Å². The van der Waals surface area contributed by atoms with Crippen LogP contribution in [0, 0.1) is 0 Å². The van der Waals surface area contributed by atoms with Crippen LogP contribution in [0.1, 0.15) is 60.2 Å². The second kappa shape index (κ2) is 14.9. The molecule has 0 fully saturated rings. The van der Waals surface area contributed by atoms with Gasteiger partial charge in [0.2, 0.25) is 0 Å². The van der Waals surface area contributed by atoms with E-state index in [1.807, 2.05) is 0 Å². The summed E-state index contributed by atoms with van der Waals surface area (Å²) >= 11 is 0. The van der Waals surface area contributed by atoms with Gasteiger partial charge in [-0.15, -0.1) is 0 Å². The van der Waals surface area contributed by atoms with Crippen LogP contribution < -0.4 is 29.6 Å². The molecule has 1 N–H and O–H groups in total. The first-order valence-electron chi connectivity index (χ1n) is 7.68. The summed E-state index contributed by atoms with van der Waals surface area (Å²) < 4.78 is 21.6. The van der Waals surface area contributed by atoms with Gasteiger partial charge in [0.15, 0.2) is 0 Å². The quantitative estimate of drug-likeness (QED) is 0.179. The Labute approximate surface area is 158 Å². The number of carbonyl (C=O) groups excluding carboxylic acids is 1. The van der Waals surface area contributed by atoms with E-state index in [1.165, 1.54) is 19.3 Å². The van der Waals surface area contributed by atoms with E-state index in [4.69, 9.17) is 9.26 Å². The maximum atomic E-state index is 11.7. The largest absolute Gasteiger partial charge is 1.00 e. The molecule has 5 nitrogen and oxygen atoms in total. The SMILES string of the molecule is C=C(C)C(=O)OCCCOP(=O)(O)CCCCCCCC.[H-].[Na+]. The third-order valence-corrected chi connectivity index (χ3v) is 4.42. The van der Waals surface area contributed by atoms with E-state index in [9.17, 15) is 14.3 Å². The smallest absolute Gasteiger partial charge is 1.00 e. The summed E-state index contributed by atoms with van der Waals surface area (Å²) in [5.74, 6) is -0.450. The van der Waals surface area contributed by atoms with Crippen LogP contribution in [0.3, 0.4) is 0 Å². The molecule has 1 unspecified atom stereocenters. The van der Waals surface area contributed by atoms with Crippen molar-refractivity contribution in [2.75, 3.05) is 19.4 Å². The average molecular weight is 344 g/mol. The molecular weight excluding hydrogens is 314 g/mol. The Morgan fingerprint density at radius 2 is 1.73 bits per heavy atom. The van der Waals surface area contributed by atoms with Crippen LogP contribution in [0.15, 0.2) is 12.2 Å². The van der Waals surface area contributed by atoms with Gasteiger partial charge < -0.3 is 15.6 Å². The number of unbranched alkanes of at least 4 members (excludes halogenated alkanes) is 5. The minimum Gasteiger partial charge on any atom is -1.00 e. The molecule has 0 aliphatic rings. The Balaban J connectivity index is -0.00000200. The fourth-order valence-corrected chi connectivity index (χ4v) is 2.88. The van der Waals surface area contributed by atoms with Crippen molar-refractivity contribution in [1.82, 2.24) is 0 Å². The molecule has 0 aromatic carbocycles. The van der Waals surface area contributed by atoms with Crippen LogP contribution in [0.2, 0.25) is 0 Å². The fraction of sp³-hybridized carbons (Fsp3) is 0.800. The molecule has 0 spiro atoms. The molecule has 22 heavy (non-hydrogen) atoms. The van der Waals surface area contributed by atoms with E-state index in [0.29, 0.717) is 18.4 Å². The third-order valence-electron chi connectivity index (χ3n) is 2.96. The first-order valence-corrected chi connectivity index (χ1v) is 9.44. The predicted molar refractivity (Wildman–Crippen MR) is 85.5 cm³/mol. The van der Waals surface area contributed by atoms with Crippen LogP contribution in [-0.4, -0.2) is 30.2 Å². The summed E-state index contributed by atoms with van der Waals surface area (Å²) in [4.78, 5) is 20.7. The minimum atomic E-state index is -3.49. The van der Waals surface area contributed by atoms with E-state index in [0.717, 1.165) is 12.8 Å². The molecule has 0 bridgehead atoms. The monoisotopic (exact) mass is 344 g/mol. The molecule has 126 valence electrons. The van der Waals surface area contributed by atoms with Gasteiger partial charge in [0.25, 0.3) is 0 Å². The van der Waals surface area contributed by atoms with E-state index in [1.54, 1.807) is 6.92 Å². The Bertz CT molecular complexity index is 366. The zero-order chi connectivity index (χ0) is 16.1. The maximum Gasteiger partial charge on any atom is 1.00 e. The summed E-state index contributed by atoms with van der Waals surface area (Å²) in [7, 11) is -3.49. The molecule has 0 heterocycles. The first-order chi connectivity index (χ1) is 9.89. The van der Waals surface area contributed by atoms with Crippen molar-refractivity contribution in [1.29, 1.82) is 0 Å². The second-order valence-electron chi connectivity index (χ2n) is 5.23. The number of hydrogen-bond acceptors (Lipinski definition) is 4. The fourth-order valence-electron chi connectivity index (χ4n) is 1.71. The number of rotatable bonds is 13. The van der Waals surface area contributed by atoms with Crippen molar-refractivity contribution in [3.8, 4) is 0 Å². The molecule has 1 atom stereocenters. The van der Waals surface area contributed by atoms with E-state index >= 15 is 0 Å². The van der Waals surface area contributed by atoms with Crippen molar-refractivity contribution in [2.24, 2.45) is 0 Å². The van der Waals surface area contributed by atoms with Crippen LogP contribution in [0.4, 0.5) is 0 Å².